The van der Waals surface area contributed by atoms with Crippen LogP contribution in [0.15, 0.2) is 0 Å². The van der Waals surface area contributed by atoms with Crippen molar-refractivity contribution in [2.24, 2.45) is 0 Å². The lowest BCUT2D eigenvalue weighted by Crippen LogP contribution is -2.56. The highest BCUT2D eigenvalue weighted by molar-refractivity contribution is 7.89. The van der Waals surface area contributed by atoms with E-state index in [1.165, 1.54) is 11.4 Å². The number of piperazine rings is 1. The summed E-state index contributed by atoms with van der Waals surface area (Å²) in [5.41, 5.74) is 0. The van der Waals surface area contributed by atoms with Crippen molar-refractivity contribution < 1.29 is 22.7 Å². The van der Waals surface area contributed by atoms with Crippen LogP contribution >= 0.6 is 0 Å². The first-order valence-corrected chi connectivity index (χ1v) is 7.33. The molecular formula is C10H18N2O5S. The molecule has 0 aromatic carbocycles. The molecule has 104 valence electrons. The van der Waals surface area contributed by atoms with Crippen LogP contribution in [-0.2, 0) is 24.3 Å². The second-order valence-electron chi connectivity index (χ2n) is 4.07. The number of hydrogen-bond donors (Lipinski definition) is 1. The van der Waals surface area contributed by atoms with Gasteiger partial charge in [0.2, 0.25) is 15.9 Å². The van der Waals surface area contributed by atoms with Gasteiger partial charge >= 0.3 is 5.97 Å². The van der Waals surface area contributed by atoms with Crippen LogP contribution in [0.4, 0.5) is 0 Å². The van der Waals surface area contributed by atoms with Crippen LogP contribution in [-0.4, -0.2) is 56.6 Å². The molecule has 7 nitrogen and oxygen atoms in total. The van der Waals surface area contributed by atoms with Gasteiger partial charge in [-0.15, -0.1) is 0 Å². The summed E-state index contributed by atoms with van der Waals surface area (Å²) in [6.45, 7) is 2.14. The van der Waals surface area contributed by atoms with E-state index in [1.54, 1.807) is 6.92 Å². The maximum absolute atomic E-state index is 12.0. The Morgan fingerprint density at radius 1 is 1.56 bits per heavy atom. The fraction of sp³-hybridized carbons (Fsp3) is 0.800. The Bertz CT molecular complexity index is 420. The van der Waals surface area contributed by atoms with Crippen molar-refractivity contribution in [3.8, 4) is 0 Å². The van der Waals surface area contributed by atoms with Crippen LogP contribution in [0.2, 0.25) is 0 Å². The van der Waals surface area contributed by atoms with Crippen LogP contribution in [0.5, 0.6) is 0 Å². The molecule has 1 unspecified atom stereocenters. The number of carbonyl (C=O) groups is 2. The fourth-order valence-electron chi connectivity index (χ4n) is 1.76. The van der Waals surface area contributed by atoms with Gasteiger partial charge in [-0.05, 0) is 13.3 Å². The summed E-state index contributed by atoms with van der Waals surface area (Å²) < 4.78 is 29.6. The lowest BCUT2D eigenvalue weighted by atomic mass is 10.2. The third-order valence-electron chi connectivity index (χ3n) is 2.81. The van der Waals surface area contributed by atoms with Crippen LogP contribution < -0.4 is 5.32 Å². The molecule has 1 amide bonds. The van der Waals surface area contributed by atoms with Gasteiger partial charge in [0, 0.05) is 19.5 Å². The SMILES string of the molecule is COC(=O)CCCS(=O)(=O)N1CCNC(=O)C1C. The number of nitrogens with zero attached hydrogens (tertiary/aromatic N) is 1. The highest BCUT2D eigenvalue weighted by atomic mass is 32.2. The number of amides is 1. The predicted octanol–water partition coefficient (Wildman–Crippen LogP) is -0.910. The summed E-state index contributed by atoms with van der Waals surface area (Å²) in [5, 5.41) is 2.60. The molecule has 1 heterocycles. The van der Waals surface area contributed by atoms with Crippen LogP contribution in [0.3, 0.4) is 0 Å². The van der Waals surface area contributed by atoms with Crippen molar-refractivity contribution in [3.63, 3.8) is 0 Å². The zero-order valence-corrected chi connectivity index (χ0v) is 11.3. The number of ether oxygens (including phenoxy) is 1. The number of sulfonamides is 1. The van der Waals surface area contributed by atoms with Gasteiger partial charge in [0.05, 0.1) is 12.9 Å². The second kappa shape index (κ2) is 6.14. The van der Waals surface area contributed by atoms with Gasteiger partial charge < -0.3 is 10.1 Å². The molecule has 18 heavy (non-hydrogen) atoms. The van der Waals surface area contributed by atoms with Crippen molar-refractivity contribution >= 4 is 21.9 Å². The lowest BCUT2D eigenvalue weighted by Gasteiger charge is -2.31. The largest absolute Gasteiger partial charge is 0.469 e. The van der Waals surface area contributed by atoms with E-state index in [9.17, 15) is 18.0 Å². The Balaban J connectivity index is 2.57. The lowest BCUT2D eigenvalue weighted by molar-refractivity contribution is -0.140. The predicted molar refractivity (Wildman–Crippen MR) is 64.2 cm³/mol. The molecule has 0 spiro atoms. The molecule has 0 aromatic heterocycles. The molecule has 0 bridgehead atoms. The van der Waals surface area contributed by atoms with Gasteiger partial charge in [-0.25, -0.2) is 8.42 Å². The number of rotatable bonds is 5. The highest BCUT2D eigenvalue weighted by Crippen LogP contribution is 2.12. The summed E-state index contributed by atoms with van der Waals surface area (Å²) in [7, 11) is -2.25. The van der Waals surface area contributed by atoms with Crippen LogP contribution in [0.25, 0.3) is 0 Å². The summed E-state index contributed by atoms with van der Waals surface area (Å²) in [5.74, 6) is -0.882. The van der Waals surface area contributed by atoms with E-state index in [1.807, 2.05) is 0 Å². The second-order valence-corrected chi connectivity index (χ2v) is 6.11. The van der Waals surface area contributed by atoms with Crippen molar-refractivity contribution in [2.75, 3.05) is 26.0 Å². The molecule has 1 aliphatic rings. The zero-order chi connectivity index (χ0) is 13.8. The maximum Gasteiger partial charge on any atom is 0.305 e. The van der Waals surface area contributed by atoms with Crippen molar-refractivity contribution in [1.82, 2.24) is 9.62 Å². The summed E-state index contributed by atoms with van der Waals surface area (Å²) >= 11 is 0. The van der Waals surface area contributed by atoms with Gasteiger partial charge in [-0.1, -0.05) is 0 Å². The zero-order valence-electron chi connectivity index (χ0n) is 10.5. The van der Waals surface area contributed by atoms with E-state index in [0.717, 1.165) is 0 Å². The topological polar surface area (TPSA) is 92.8 Å². The summed E-state index contributed by atoms with van der Waals surface area (Å²) in [6, 6.07) is -0.693. The van der Waals surface area contributed by atoms with Gasteiger partial charge in [-0.2, -0.15) is 4.31 Å². The monoisotopic (exact) mass is 278 g/mol. The number of nitrogens with one attached hydrogen (secondary N) is 1. The molecular weight excluding hydrogens is 260 g/mol. The number of esters is 1. The van der Waals surface area contributed by atoms with Gasteiger partial charge in [0.25, 0.3) is 0 Å². The highest BCUT2D eigenvalue weighted by Gasteiger charge is 2.33. The molecule has 0 radical (unpaired) electrons. The fourth-order valence-corrected chi connectivity index (χ4v) is 3.45. The van der Waals surface area contributed by atoms with Crippen molar-refractivity contribution in [1.29, 1.82) is 0 Å². The summed E-state index contributed by atoms with van der Waals surface area (Å²) in [4.78, 5) is 22.3. The number of methoxy groups -OCH3 is 1. The van der Waals surface area contributed by atoms with Gasteiger partial charge in [0.1, 0.15) is 6.04 Å². The van der Waals surface area contributed by atoms with E-state index >= 15 is 0 Å². The number of carbonyl (C=O) groups excluding carboxylic acids is 2. The Morgan fingerprint density at radius 3 is 2.83 bits per heavy atom. The Labute approximate surface area is 107 Å². The molecule has 1 atom stereocenters. The minimum Gasteiger partial charge on any atom is -0.469 e. The molecule has 1 saturated heterocycles. The molecule has 1 fully saturated rings. The van der Waals surface area contributed by atoms with Crippen molar-refractivity contribution in [2.45, 2.75) is 25.8 Å². The van der Waals surface area contributed by atoms with E-state index in [2.05, 4.69) is 10.1 Å². The van der Waals surface area contributed by atoms with E-state index in [0.29, 0.717) is 6.54 Å². The van der Waals surface area contributed by atoms with Gasteiger partial charge in [-0.3, -0.25) is 9.59 Å². The Kier molecular flexibility index (Phi) is 5.09. The smallest absolute Gasteiger partial charge is 0.305 e. The first-order valence-electron chi connectivity index (χ1n) is 5.72. The molecule has 1 rings (SSSR count). The first-order chi connectivity index (χ1) is 8.38. The van der Waals surface area contributed by atoms with E-state index in [-0.39, 0.29) is 31.0 Å². The normalized spacial score (nSPS) is 21.4. The first kappa shape index (κ1) is 14.9. The molecule has 0 aliphatic carbocycles. The third kappa shape index (κ3) is 3.67. The van der Waals surface area contributed by atoms with Crippen molar-refractivity contribution in [3.05, 3.63) is 0 Å². The third-order valence-corrected chi connectivity index (χ3v) is 4.83. The van der Waals surface area contributed by atoms with Crippen LogP contribution in [0, 0.1) is 0 Å². The standard InChI is InChI=1S/C10H18N2O5S/c1-8-10(14)11-5-6-12(8)18(15,16)7-3-4-9(13)17-2/h8H,3-7H2,1-2H3,(H,11,14). The van der Waals surface area contributed by atoms with E-state index in [4.69, 9.17) is 0 Å². The maximum atomic E-state index is 12.0. The van der Waals surface area contributed by atoms with E-state index < -0.39 is 22.0 Å². The molecule has 1 N–H and O–H groups in total. The van der Waals surface area contributed by atoms with Gasteiger partial charge in [0.15, 0.2) is 0 Å². The quantitative estimate of drug-likeness (QED) is 0.657. The Morgan fingerprint density at radius 2 is 2.22 bits per heavy atom. The average molecular weight is 278 g/mol. The minimum absolute atomic E-state index is 0.0597. The molecule has 8 heteroatoms. The molecule has 1 aliphatic heterocycles. The average Bonchev–Trinajstić information content (AvgIpc) is 2.32. The Hall–Kier alpha value is -1.15. The van der Waals surface area contributed by atoms with Crippen LogP contribution in [0.1, 0.15) is 19.8 Å². The number of hydrogen-bond acceptors (Lipinski definition) is 5. The minimum atomic E-state index is -3.50. The summed E-state index contributed by atoms with van der Waals surface area (Å²) in [6.07, 6.45) is 0.254. The molecule has 0 saturated carbocycles. The molecule has 0 aromatic rings.